The van der Waals surface area contributed by atoms with E-state index in [0.29, 0.717) is 37.5 Å². The van der Waals surface area contributed by atoms with Crippen LogP contribution in [0.5, 0.6) is 0 Å². The summed E-state index contributed by atoms with van der Waals surface area (Å²) in [6, 6.07) is 24.4. The first-order chi connectivity index (χ1) is 17.0. The third kappa shape index (κ3) is 4.60. The van der Waals surface area contributed by atoms with Gasteiger partial charge in [0.05, 0.1) is 38.6 Å². The molecule has 35 heavy (non-hydrogen) atoms. The molecule has 0 saturated heterocycles. The summed E-state index contributed by atoms with van der Waals surface area (Å²) in [5, 5.41) is 1.18. The number of hydrogen-bond acceptors (Lipinski definition) is 5. The van der Waals surface area contributed by atoms with Crippen LogP contribution in [0.25, 0.3) is 32.4 Å². The van der Waals surface area contributed by atoms with Gasteiger partial charge in [-0.25, -0.2) is 4.98 Å². The number of para-hydroxylation sites is 2. The van der Waals surface area contributed by atoms with E-state index in [1.54, 1.807) is 23.6 Å². The molecule has 0 unspecified atom stereocenters. The fraction of sp³-hybridized carbons (Fsp3) is 0.111. The zero-order valence-corrected chi connectivity index (χ0v) is 20.3. The Kier molecular flexibility index (Phi) is 6.44. The molecular formula is C27H20ClN3O3S. The van der Waals surface area contributed by atoms with Gasteiger partial charge in [0.25, 0.3) is 5.91 Å². The number of benzene rings is 3. The van der Waals surface area contributed by atoms with Crippen molar-refractivity contribution in [2.75, 3.05) is 6.61 Å². The van der Waals surface area contributed by atoms with Crippen molar-refractivity contribution in [2.24, 2.45) is 4.99 Å². The summed E-state index contributed by atoms with van der Waals surface area (Å²) >= 11 is 7.75. The lowest BCUT2D eigenvalue weighted by Gasteiger charge is -2.08. The van der Waals surface area contributed by atoms with Gasteiger partial charge in [0, 0.05) is 10.9 Å². The molecule has 1 amide bonds. The van der Waals surface area contributed by atoms with Crippen molar-refractivity contribution in [1.29, 1.82) is 0 Å². The second-order valence-corrected chi connectivity index (χ2v) is 9.13. The molecule has 174 valence electrons. The van der Waals surface area contributed by atoms with E-state index in [1.807, 2.05) is 66.7 Å². The van der Waals surface area contributed by atoms with Gasteiger partial charge in [0.1, 0.15) is 6.54 Å². The van der Waals surface area contributed by atoms with Crippen LogP contribution in [0.1, 0.15) is 17.3 Å². The topological polar surface area (TPSA) is 73.6 Å². The lowest BCUT2D eigenvalue weighted by molar-refractivity contribution is -0.143. The summed E-state index contributed by atoms with van der Waals surface area (Å²) in [7, 11) is 0. The summed E-state index contributed by atoms with van der Waals surface area (Å²) in [6.45, 7) is 1.90. The highest BCUT2D eigenvalue weighted by Gasteiger charge is 2.17. The number of aromatic nitrogens is 2. The van der Waals surface area contributed by atoms with Crippen molar-refractivity contribution in [2.45, 2.75) is 13.5 Å². The van der Waals surface area contributed by atoms with E-state index in [4.69, 9.17) is 21.3 Å². The standard InChI is InChI=1S/C27H20ClN3O3S/c1-2-34-24(32)16-31-25-20(28)12-8-14-23(25)35-27(31)30-26(33)19-15-22(17-9-4-3-5-10-17)29-21-13-7-6-11-18(19)21/h3-15H,2,16H2,1H3. The van der Waals surface area contributed by atoms with Gasteiger partial charge >= 0.3 is 5.97 Å². The molecule has 0 radical (unpaired) electrons. The fourth-order valence-corrected chi connectivity index (χ4v) is 5.30. The largest absolute Gasteiger partial charge is 0.465 e. The third-order valence-corrected chi connectivity index (χ3v) is 6.81. The molecular weight excluding hydrogens is 482 g/mol. The molecule has 5 rings (SSSR count). The number of nitrogens with zero attached hydrogens (tertiary/aromatic N) is 3. The number of hydrogen-bond donors (Lipinski definition) is 0. The van der Waals surface area contributed by atoms with Gasteiger partial charge in [-0.05, 0) is 31.2 Å². The molecule has 0 spiro atoms. The number of thiazole rings is 1. The molecule has 2 aromatic heterocycles. The van der Waals surface area contributed by atoms with Crippen LogP contribution in [-0.2, 0) is 16.1 Å². The van der Waals surface area contributed by atoms with Gasteiger partial charge in [-0.2, -0.15) is 4.99 Å². The number of carbonyl (C=O) groups is 2. The summed E-state index contributed by atoms with van der Waals surface area (Å²) in [4.78, 5) is 35.5. The number of carbonyl (C=O) groups excluding carboxylic acids is 2. The Hall–Kier alpha value is -3.81. The maximum atomic E-state index is 13.6. The van der Waals surface area contributed by atoms with Gasteiger partial charge in [-0.3, -0.25) is 9.59 Å². The molecule has 0 aliphatic heterocycles. The van der Waals surface area contributed by atoms with Gasteiger partial charge in [0.2, 0.25) is 0 Å². The normalized spacial score (nSPS) is 11.8. The predicted molar refractivity (Wildman–Crippen MR) is 139 cm³/mol. The Morgan fingerprint density at radius 3 is 2.60 bits per heavy atom. The van der Waals surface area contributed by atoms with Crippen LogP contribution in [0.3, 0.4) is 0 Å². The molecule has 5 aromatic rings. The van der Waals surface area contributed by atoms with Crippen LogP contribution in [-0.4, -0.2) is 28.0 Å². The number of pyridine rings is 1. The Morgan fingerprint density at radius 1 is 1.03 bits per heavy atom. The van der Waals surface area contributed by atoms with E-state index in [-0.39, 0.29) is 13.2 Å². The number of halogens is 1. The third-order valence-electron chi connectivity index (χ3n) is 5.46. The quantitative estimate of drug-likeness (QED) is 0.282. The number of amides is 1. The first-order valence-electron chi connectivity index (χ1n) is 11.0. The number of esters is 1. The van der Waals surface area contributed by atoms with Gasteiger partial charge in [-0.1, -0.05) is 77.5 Å². The molecule has 0 atom stereocenters. The summed E-state index contributed by atoms with van der Waals surface area (Å²) < 4.78 is 7.59. The van der Waals surface area contributed by atoms with E-state index < -0.39 is 11.9 Å². The minimum atomic E-state index is -0.430. The minimum Gasteiger partial charge on any atom is -0.465 e. The molecule has 0 aliphatic carbocycles. The van der Waals surface area contributed by atoms with Gasteiger partial charge < -0.3 is 9.30 Å². The molecule has 0 aliphatic rings. The molecule has 0 N–H and O–H groups in total. The fourth-order valence-electron chi connectivity index (χ4n) is 3.91. The smallest absolute Gasteiger partial charge is 0.326 e. The average Bonchev–Trinajstić information content (AvgIpc) is 3.21. The van der Waals surface area contributed by atoms with Crippen LogP contribution in [0.15, 0.2) is 83.9 Å². The Balaban J connectivity index is 1.69. The molecule has 0 saturated carbocycles. The Labute approximate surface area is 210 Å². The molecule has 3 aromatic carbocycles. The number of ether oxygens (including phenoxy) is 1. The number of fused-ring (bicyclic) bond motifs is 2. The van der Waals surface area contributed by atoms with Crippen molar-refractivity contribution < 1.29 is 14.3 Å². The van der Waals surface area contributed by atoms with Crippen molar-refractivity contribution >= 4 is 55.9 Å². The van der Waals surface area contributed by atoms with E-state index in [1.165, 1.54) is 11.3 Å². The van der Waals surface area contributed by atoms with Crippen LogP contribution in [0.4, 0.5) is 0 Å². The van der Waals surface area contributed by atoms with Crippen LogP contribution < -0.4 is 4.80 Å². The molecule has 6 nitrogen and oxygen atoms in total. The van der Waals surface area contributed by atoms with Crippen LogP contribution in [0, 0.1) is 0 Å². The SMILES string of the molecule is CCOC(=O)Cn1c(=NC(=O)c2cc(-c3ccccc3)nc3ccccc23)sc2cccc(Cl)c21. The van der Waals surface area contributed by atoms with E-state index >= 15 is 0 Å². The monoisotopic (exact) mass is 501 g/mol. The highest BCUT2D eigenvalue weighted by atomic mass is 35.5. The first-order valence-corrected chi connectivity index (χ1v) is 12.2. The van der Waals surface area contributed by atoms with Crippen molar-refractivity contribution in [3.8, 4) is 11.3 Å². The predicted octanol–water partition coefficient (Wildman–Crippen LogP) is 5.88. The van der Waals surface area contributed by atoms with Crippen molar-refractivity contribution in [3.05, 3.63) is 94.3 Å². The van der Waals surface area contributed by atoms with E-state index in [2.05, 4.69) is 4.99 Å². The van der Waals surface area contributed by atoms with Crippen molar-refractivity contribution in [1.82, 2.24) is 9.55 Å². The highest BCUT2D eigenvalue weighted by molar-refractivity contribution is 7.16. The summed E-state index contributed by atoms with van der Waals surface area (Å²) in [5.74, 6) is -0.859. The minimum absolute atomic E-state index is 0.101. The second-order valence-electron chi connectivity index (χ2n) is 7.72. The zero-order valence-electron chi connectivity index (χ0n) is 18.8. The molecule has 8 heteroatoms. The second kappa shape index (κ2) is 9.82. The Morgan fingerprint density at radius 2 is 1.80 bits per heavy atom. The molecule has 0 bridgehead atoms. The summed E-state index contributed by atoms with van der Waals surface area (Å²) in [5.41, 5.74) is 3.36. The average molecular weight is 502 g/mol. The number of rotatable bonds is 5. The highest BCUT2D eigenvalue weighted by Crippen LogP contribution is 2.27. The lowest BCUT2D eigenvalue weighted by atomic mass is 10.0. The van der Waals surface area contributed by atoms with Gasteiger partial charge in [-0.15, -0.1) is 0 Å². The van der Waals surface area contributed by atoms with E-state index in [9.17, 15) is 9.59 Å². The molecule has 2 heterocycles. The first kappa shape index (κ1) is 23.0. The van der Waals surface area contributed by atoms with Crippen LogP contribution >= 0.6 is 22.9 Å². The van der Waals surface area contributed by atoms with E-state index in [0.717, 1.165) is 10.3 Å². The van der Waals surface area contributed by atoms with Crippen LogP contribution in [0.2, 0.25) is 5.02 Å². The van der Waals surface area contributed by atoms with Gasteiger partial charge in [0.15, 0.2) is 4.80 Å². The molecule has 0 fully saturated rings. The maximum Gasteiger partial charge on any atom is 0.326 e. The lowest BCUT2D eigenvalue weighted by Crippen LogP contribution is -2.23. The Bertz CT molecular complexity index is 1640. The van der Waals surface area contributed by atoms with Crippen molar-refractivity contribution in [3.63, 3.8) is 0 Å². The maximum absolute atomic E-state index is 13.6. The zero-order chi connectivity index (χ0) is 24.4. The summed E-state index contributed by atoms with van der Waals surface area (Å²) in [6.07, 6.45) is 0.